The van der Waals surface area contributed by atoms with Gasteiger partial charge in [-0.2, -0.15) is 0 Å². The molecule has 3 amide bonds. The maximum atomic E-state index is 13.4. The van der Waals surface area contributed by atoms with Gasteiger partial charge < -0.3 is 15.5 Å². The zero-order chi connectivity index (χ0) is 22.9. The Kier molecular flexibility index (Phi) is 5.55. The van der Waals surface area contributed by atoms with Crippen molar-refractivity contribution >= 4 is 35.2 Å². The number of carbonyl (C=O) groups excluding carboxylic acids is 3. The average molecular weight is 460 g/mol. The predicted molar refractivity (Wildman–Crippen MR) is 125 cm³/mol. The van der Waals surface area contributed by atoms with Crippen LogP contribution in [0.4, 0.5) is 5.69 Å². The largest absolute Gasteiger partial charge is 0.346 e. The van der Waals surface area contributed by atoms with Crippen molar-refractivity contribution in [3.8, 4) is 11.1 Å². The van der Waals surface area contributed by atoms with Gasteiger partial charge in [0, 0.05) is 29.9 Å². The Labute approximate surface area is 194 Å². The van der Waals surface area contributed by atoms with Crippen LogP contribution in [0.1, 0.15) is 27.3 Å². The van der Waals surface area contributed by atoms with Crippen LogP contribution >= 0.6 is 11.8 Å². The zero-order valence-corrected chi connectivity index (χ0v) is 18.6. The van der Waals surface area contributed by atoms with E-state index >= 15 is 0 Å². The van der Waals surface area contributed by atoms with Gasteiger partial charge in [0.2, 0.25) is 5.91 Å². The highest BCUT2D eigenvalue weighted by Crippen LogP contribution is 2.32. The molecule has 9 heteroatoms. The maximum Gasteiger partial charge on any atom is 0.271 e. The Morgan fingerprint density at radius 1 is 1.12 bits per heavy atom. The summed E-state index contributed by atoms with van der Waals surface area (Å²) in [6.07, 6.45) is 6.66. The van der Waals surface area contributed by atoms with Crippen LogP contribution in [0.2, 0.25) is 0 Å². The van der Waals surface area contributed by atoms with Crippen LogP contribution in [0.15, 0.2) is 66.0 Å². The van der Waals surface area contributed by atoms with E-state index in [0.29, 0.717) is 17.7 Å². The standard InChI is InChI=1S/C24H21N5O3S/c1-33-17-5-2-14(3-6-17)15-4-7-19-18(10-15)24(32)29-13-16(11-21(29)23(31)28-19)27-22(30)20-12-25-8-9-26-20/h2-10,12,16,21H,11,13H2,1H3,(H,27,30)(H,28,31). The third-order valence-corrected chi connectivity index (χ3v) is 6.67. The third-order valence-electron chi connectivity index (χ3n) is 5.93. The molecule has 0 aliphatic carbocycles. The minimum absolute atomic E-state index is 0.192. The molecule has 2 aliphatic rings. The summed E-state index contributed by atoms with van der Waals surface area (Å²) in [5, 5.41) is 5.75. The second kappa shape index (κ2) is 8.67. The molecule has 33 heavy (non-hydrogen) atoms. The number of anilines is 1. The predicted octanol–water partition coefficient (Wildman–Crippen LogP) is 2.83. The van der Waals surface area contributed by atoms with E-state index < -0.39 is 6.04 Å². The summed E-state index contributed by atoms with van der Waals surface area (Å²) in [5.74, 6) is -0.863. The molecule has 1 aromatic heterocycles. The molecule has 3 heterocycles. The molecule has 8 nitrogen and oxygen atoms in total. The number of benzene rings is 2. The van der Waals surface area contributed by atoms with Crippen molar-refractivity contribution in [2.24, 2.45) is 0 Å². The highest BCUT2D eigenvalue weighted by atomic mass is 32.2. The van der Waals surface area contributed by atoms with Crippen molar-refractivity contribution in [1.82, 2.24) is 20.2 Å². The Morgan fingerprint density at radius 2 is 1.91 bits per heavy atom. The number of thioether (sulfide) groups is 1. The molecule has 0 bridgehead atoms. The molecular weight excluding hydrogens is 438 g/mol. The number of hydrogen-bond donors (Lipinski definition) is 2. The number of nitrogens with one attached hydrogen (secondary N) is 2. The van der Waals surface area contributed by atoms with Crippen LogP contribution in [-0.4, -0.2) is 57.5 Å². The second-order valence-corrected chi connectivity index (χ2v) is 8.83. The zero-order valence-electron chi connectivity index (χ0n) is 17.8. The van der Waals surface area contributed by atoms with E-state index in [1.165, 1.54) is 18.6 Å². The lowest BCUT2D eigenvalue weighted by atomic mass is 10.0. The molecule has 5 rings (SSSR count). The fourth-order valence-electron chi connectivity index (χ4n) is 4.25. The van der Waals surface area contributed by atoms with E-state index in [4.69, 9.17) is 0 Å². The van der Waals surface area contributed by atoms with E-state index in [9.17, 15) is 14.4 Å². The summed E-state index contributed by atoms with van der Waals surface area (Å²) in [4.78, 5) is 49.4. The van der Waals surface area contributed by atoms with Crippen molar-refractivity contribution in [3.05, 3.63) is 72.3 Å². The summed E-state index contributed by atoms with van der Waals surface area (Å²) >= 11 is 1.67. The van der Waals surface area contributed by atoms with Crippen molar-refractivity contribution in [2.45, 2.75) is 23.4 Å². The van der Waals surface area contributed by atoms with Crippen LogP contribution in [0, 0.1) is 0 Å². The van der Waals surface area contributed by atoms with E-state index in [1.54, 1.807) is 22.7 Å². The van der Waals surface area contributed by atoms with Crippen LogP contribution < -0.4 is 10.6 Å². The average Bonchev–Trinajstić information content (AvgIpc) is 3.24. The molecular formula is C24H21N5O3S. The molecule has 2 N–H and O–H groups in total. The summed E-state index contributed by atoms with van der Waals surface area (Å²) < 4.78 is 0. The number of nitrogens with zero attached hydrogens (tertiary/aromatic N) is 3. The van der Waals surface area contributed by atoms with E-state index in [1.807, 2.05) is 42.7 Å². The molecule has 166 valence electrons. The summed E-state index contributed by atoms with van der Waals surface area (Å²) in [6.45, 7) is 0.245. The number of carbonyl (C=O) groups is 3. The fourth-order valence-corrected chi connectivity index (χ4v) is 4.66. The Balaban J connectivity index is 1.39. The topological polar surface area (TPSA) is 104 Å². The molecule has 2 aromatic carbocycles. The van der Waals surface area contributed by atoms with Gasteiger partial charge in [-0.25, -0.2) is 4.98 Å². The molecule has 3 aromatic rings. The van der Waals surface area contributed by atoms with Crippen LogP contribution in [-0.2, 0) is 4.79 Å². The normalized spacial score (nSPS) is 19.4. The Bertz CT molecular complexity index is 1230. The number of aromatic nitrogens is 2. The van der Waals surface area contributed by atoms with Crippen LogP contribution in [0.3, 0.4) is 0 Å². The minimum Gasteiger partial charge on any atom is -0.346 e. The maximum absolute atomic E-state index is 13.4. The Hall–Kier alpha value is -3.72. The first kappa shape index (κ1) is 21.1. The number of rotatable bonds is 4. The first-order valence-corrected chi connectivity index (χ1v) is 11.7. The number of fused-ring (bicyclic) bond motifs is 2. The third kappa shape index (κ3) is 4.07. The monoisotopic (exact) mass is 459 g/mol. The van der Waals surface area contributed by atoms with Gasteiger partial charge in [0.1, 0.15) is 11.7 Å². The van der Waals surface area contributed by atoms with Gasteiger partial charge in [-0.1, -0.05) is 18.2 Å². The summed E-state index contributed by atoms with van der Waals surface area (Å²) in [7, 11) is 0. The lowest BCUT2D eigenvalue weighted by molar-refractivity contribution is -0.119. The Morgan fingerprint density at radius 3 is 2.64 bits per heavy atom. The van der Waals surface area contributed by atoms with Crippen molar-refractivity contribution < 1.29 is 14.4 Å². The first-order valence-electron chi connectivity index (χ1n) is 10.5. The number of hydrogen-bond acceptors (Lipinski definition) is 6. The number of amides is 3. The second-order valence-electron chi connectivity index (χ2n) is 7.95. The lowest BCUT2D eigenvalue weighted by Gasteiger charge is -2.20. The van der Waals surface area contributed by atoms with E-state index in [-0.39, 0.29) is 36.0 Å². The molecule has 0 spiro atoms. The van der Waals surface area contributed by atoms with Crippen molar-refractivity contribution in [2.75, 3.05) is 18.1 Å². The van der Waals surface area contributed by atoms with Gasteiger partial charge in [0.25, 0.3) is 11.8 Å². The molecule has 2 aliphatic heterocycles. The fraction of sp³-hybridized carbons (Fsp3) is 0.208. The first-order chi connectivity index (χ1) is 16.0. The summed E-state index contributed by atoms with van der Waals surface area (Å²) in [6, 6.07) is 12.6. The molecule has 0 radical (unpaired) electrons. The van der Waals surface area contributed by atoms with Gasteiger partial charge in [0.15, 0.2) is 0 Å². The quantitative estimate of drug-likeness (QED) is 0.582. The van der Waals surface area contributed by atoms with Crippen LogP contribution in [0.25, 0.3) is 11.1 Å². The summed E-state index contributed by atoms with van der Waals surface area (Å²) in [5.41, 5.74) is 3.03. The van der Waals surface area contributed by atoms with E-state index in [0.717, 1.165) is 16.0 Å². The van der Waals surface area contributed by atoms with Crippen LogP contribution in [0.5, 0.6) is 0 Å². The minimum atomic E-state index is -0.652. The van der Waals surface area contributed by atoms with Gasteiger partial charge in [0.05, 0.1) is 17.4 Å². The molecule has 1 fully saturated rings. The van der Waals surface area contributed by atoms with Gasteiger partial charge >= 0.3 is 0 Å². The van der Waals surface area contributed by atoms with Crippen molar-refractivity contribution in [1.29, 1.82) is 0 Å². The van der Waals surface area contributed by atoms with E-state index in [2.05, 4.69) is 20.6 Å². The highest BCUT2D eigenvalue weighted by molar-refractivity contribution is 7.98. The molecule has 1 saturated heterocycles. The highest BCUT2D eigenvalue weighted by Gasteiger charge is 2.43. The smallest absolute Gasteiger partial charge is 0.271 e. The molecule has 0 saturated carbocycles. The van der Waals surface area contributed by atoms with Gasteiger partial charge in [-0.05, 0) is 48.1 Å². The van der Waals surface area contributed by atoms with Gasteiger partial charge in [-0.15, -0.1) is 11.8 Å². The molecule has 2 atom stereocenters. The van der Waals surface area contributed by atoms with Gasteiger partial charge in [-0.3, -0.25) is 19.4 Å². The van der Waals surface area contributed by atoms with Crippen molar-refractivity contribution in [3.63, 3.8) is 0 Å². The molecule has 2 unspecified atom stereocenters. The SMILES string of the molecule is CSc1ccc(-c2ccc3c(c2)C(=O)N2CC(NC(=O)c4cnccn4)CC2C(=O)N3)cc1. The lowest BCUT2D eigenvalue weighted by Crippen LogP contribution is -2.41.